The summed E-state index contributed by atoms with van der Waals surface area (Å²) in [6.45, 7) is 1.52. The molecule has 0 saturated heterocycles. The maximum atomic E-state index is 13.7. The summed E-state index contributed by atoms with van der Waals surface area (Å²) in [4.78, 5) is 7.98. The van der Waals surface area contributed by atoms with Crippen LogP contribution in [0, 0.1) is 18.6 Å². The fourth-order valence-electron chi connectivity index (χ4n) is 1.47. The number of aryl methyl sites for hydroxylation is 1. The molecule has 1 heterocycles. The lowest BCUT2D eigenvalue weighted by Gasteiger charge is -2.06. The molecule has 0 bridgehead atoms. The summed E-state index contributed by atoms with van der Waals surface area (Å²) in [6.07, 6.45) is 1.49. The molecule has 1 N–H and O–H groups in total. The Bertz CT molecular complexity index is 555. The molecule has 0 aliphatic carbocycles. The number of anilines is 1. The Morgan fingerprint density at radius 3 is 2.65 bits per heavy atom. The largest absolute Gasteiger partial charge is 0.357 e. The first-order chi connectivity index (χ1) is 8.11. The molecule has 2 rings (SSSR count). The van der Waals surface area contributed by atoms with Gasteiger partial charge in [0.1, 0.15) is 11.6 Å². The van der Waals surface area contributed by atoms with Crippen molar-refractivity contribution in [1.29, 1.82) is 0 Å². The predicted octanol–water partition coefficient (Wildman–Crippen LogP) is 2.77. The van der Waals surface area contributed by atoms with E-state index in [1.54, 1.807) is 7.05 Å². The third kappa shape index (κ3) is 2.22. The second-order valence-corrected chi connectivity index (χ2v) is 3.60. The zero-order chi connectivity index (χ0) is 12.4. The Balaban J connectivity index is 2.56. The smallest absolute Gasteiger partial charge is 0.222 e. The van der Waals surface area contributed by atoms with Gasteiger partial charge in [-0.2, -0.15) is 0 Å². The van der Waals surface area contributed by atoms with Crippen LogP contribution in [0.25, 0.3) is 11.3 Å². The molecule has 0 radical (unpaired) electrons. The Hall–Kier alpha value is -2.04. The lowest BCUT2D eigenvalue weighted by molar-refractivity contribution is 0.594. The molecule has 3 nitrogen and oxygen atoms in total. The summed E-state index contributed by atoms with van der Waals surface area (Å²) in [5, 5.41) is 2.74. The SMILES string of the molecule is CNc1nccc(-c2cc(F)c(C)cc2F)n1. The molecule has 0 atom stereocenters. The van der Waals surface area contributed by atoms with Crippen molar-refractivity contribution in [3.63, 3.8) is 0 Å². The average molecular weight is 235 g/mol. The second-order valence-electron chi connectivity index (χ2n) is 3.60. The van der Waals surface area contributed by atoms with Gasteiger partial charge in [-0.3, -0.25) is 0 Å². The van der Waals surface area contributed by atoms with Crippen molar-refractivity contribution in [2.75, 3.05) is 12.4 Å². The summed E-state index contributed by atoms with van der Waals surface area (Å²) >= 11 is 0. The minimum absolute atomic E-state index is 0.131. The highest BCUT2D eigenvalue weighted by molar-refractivity contribution is 5.61. The van der Waals surface area contributed by atoms with Crippen molar-refractivity contribution in [3.05, 3.63) is 41.6 Å². The fourth-order valence-corrected chi connectivity index (χ4v) is 1.47. The van der Waals surface area contributed by atoms with Gasteiger partial charge in [-0.1, -0.05) is 0 Å². The molecule has 0 amide bonds. The van der Waals surface area contributed by atoms with Crippen molar-refractivity contribution in [1.82, 2.24) is 9.97 Å². The standard InChI is InChI=1S/C12H11F2N3/c1-7-5-10(14)8(6-9(7)13)11-3-4-16-12(15-2)17-11/h3-6H,1-2H3,(H,15,16,17). The van der Waals surface area contributed by atoms with Crippen molar-refractivity contribution in [2.45, 2.75) is 6.92 Å². The molecule has 0 saturated carbocycles. The number of nitrogens with one attached hydrogen (secondary N) is 1. The Morgan fingerprint density at radius 2 is 1.94 bits per heavy atom. The highest BCUT2D eigenvalue weighted by Crippen LogP contribution is 2.24. The van der Waals surface area contributed by atoms with Gasteiger partial charge in [0.25, 0.3) is 0 Å². The lowest BCUT2D eigenvalue weighted by atomic mass is 10.1. The van der Waals surface area contributed by atoms with Crippen molar-refractivity contribution < 1.29 is 8.78 Å². The number of hydrogen-bond donors (Lipinski definition) is 1. The van der Waals surface area contributed by atoms with Gasteiger partial charge in [0.15, 0.2) is 0 Å². The second kappa shape index (κ2) is 4.45. The van der Waals surface area contributed by atoms with E-state index in [4.69, 9.17) is 0 Å². The van der Waals surface area contributed by atoms with Crippen LogP contribution in [0.2, 0.25) is 0 Å². The number of aromatic nitrogens is 2. The number of hydrogen-bond acceptors (Lipinski definition) is 3. The van der Waals surface area contributed by atoms with Gasteiger partial charge in [-0.15, -0.1) is 0 Å². The minimum atomic E-state index is -0.496. The Morgan fingerprint density at radius 1 is 1.18 bits per heavy atom. The predicted molar refractivity (Wildman–Crippen MR) is 61.7 cm³/mol. The van der Waals surface area contributed by atoms with E-state index in [0.29, 0.717) is 11.6 Å². The van der Waals surface area contributed by atoms with Crippen LogP contribution in [-0.4, -0.2) is 17.0 Å². The molecule has 0 fully saturated rings. The van der Waals surface area contributed by atoms with Crippen LogP contribution in [0.4, 0.5) is 14.7 Å². The summed E-state index contributed by atoms with van der Waals surface area (Å²) in [5.74, 6) is -0.585. The van der Waals surface area contributed by atoms with E-state index in [-0.39, 0.29) is 11.1 Å². The van der Waals surface area contributed by atoms with Crippen LogP contribution < -0.4 is 5.32 Å². The molecule has 0 spiro atoms. The van der Waals surface area contributed by atoms with E-state index in [9.17, 15) is 8.78 Å². The van der Waals surface area contributed by atoms with E-state index in [1.165, 1.54) is 19.2 Å². The molecular formula is C12H11F2N3. The molecule has 0 unspecified atom stereocenters. The van der Waals surface area contributed by atoms with Crippen LogP contribution in [-0.2, 0) is 0 Å². The summed E-state index contributed by atoms with van der Waals surface area (Å²) in [5.41, 5.74) is 0.752. The maximum absolute atomic E-state index is 13.7. The molecule has 2 aromatic rings. The fraction of sp³-hybridized carbons (Fsp3) is 0.167. The molecule has 1 aromatic heterocycles. The van der Waals surface area contributed by atoms with Gasteiger partial charge in [-0.05, 0) is 30.7 Å². The molecule has 0 aliphatic heterocycles. The van der Waals surface area contributed by atoms with Gasteiger partial charge >= 0.3 is 0 Å². The van der Waals surface area contributed by atoms with Gasteiger partial charge < -0.3 is 5.32 Å². The molecule has 17 heavy (non-hydrogen) atoms. The summed E-state index contributed by atoms with van der Waals surface area (Å²) in [6, 6.07) is 3.84. The van der Waals surface area contributed by atoms with Crippen molar-refractivity contribution >= 4 is 5.95 Å². The van der Waals surface area contributed by atoms with Gasteiger partial charge in [0, 0.05) is 18.8 Å². The minimum Gasteiger partial charge on any atom is -0.357 e. The van der Waals surface area contributed by atoms with Crippen LogP contribution in [0.1, 0.15) is 5.56 Å². The molecule has 0 aliphatic rings. The monoisotopic (exact) mass is 235 g/mol. The normalized spacial score (nSPS) is 10.4. The van der Waals surface area contributed by atoms with E-state index >= 15 is 0 Å². The van der Waals surface area contributed by atoms with E-state index in [0.717, 1.165) is 12.1 Å². The summed E-state index contributed by atoms with van der Waals surface area (Å²) < 4.78 is 27.1. The number of halogens is 2. The molecule has 88 valence electrons. The highest BCUT2D eigenvalue weighted by Gasteiger charge is 2.11. The molecular weight excluding hydrogens is 224 g/mol. The van der Waals surface area contributed by atoms with Crippen LogP contribution in [0.5, 0.6) is 0 Å². The van der Waals surface area contributed by atoms with Crippen LogP contribution in [0.15, 0.2) is 24.4 Å². The van der Waals surface area contributed by atoms with Gasteiger partial charge in [0.2, 0.25) is 5.95 Å². The van der Waals surface area contributed by atoms with E-state index in [1.807, 2.05) is 0 Å². The average Bonchev–Trinajstić information content (AvgIpc) is 2.34. The lowest BCUT2D eigenvalue weighted by Crippen LogP contribution is -1.98. The van der Waals surface area contributed by atoms with Gasteiger partial charge in [0.05, 0.1) is 5.69 Å². The van der Waals surface area contributed by atoms with E-state index in [2.05, 4.69) is 15.3 Å². The first-order valence-corrected chi connectivity index (χ1v) is 5.08. The zero-order valence-corrected chi connectivity index (χ0v) is 9.46. The third-order valence-electron chi connectivity index (χ3n) is 2.40. The zero-order valence-electron chi connectivity index (χ0n) is 9.46. The van der Waals surface area contributed by atoms with E-state index < -0.39 is 11.6 Å². The molecule has 1 aromatic carbocycles. The first kappa shape index (κ1) is 11.4. The third-order valence-corrected chi connectivity index (χ3v) is 2.40. The first-order valence-electron chi connectivity index (χ1n) is 5.08. The van der Waals surface area contributed by atoms with Gasteiger partial charge in [-0.25, -0.2) is 18.7 Å². The van der Waals surface area contributed by atoms with Crippen molar-refractivity contribution in [3.8, 4) is 11.3 Å². The molecule has 5 heteroatoms. The Kier molecular flexibility index (Phi) is 2.99. The number of rotatable bonds is 2. The Labute approximate surface area is 97.5 Å². The highest BCUT2D eigenvalue weighted by atomic mass is 19.1. The number of nitrogens with zero attached hydrogens (tertiary/aromatic N) is 2. The summed E-state index contributed by atoms with van der Waals surface area (Å²) in [7, 11) is 1.66. The number of benzene rings is 1. The topological polar surface area (TPSA) is 37.8 Å². The van der Waals surface area contributed by atoms with Crippen LogP contribution >= 0.6 is 0 Å². The quantitative estimate of drug-likeness (QED) is 0.869. The van der Waals surface area contributed by atoms with Crippen LogP contribution in [0.3, 0.4) is 0 Å². The maximum Gasteiger partial charge on any atom is 0.222 e. The van der Waals surface area contributed by atoms with Crippen molar-refractivity contribution in [2.24, 2.45) is 0 Å².